The lowest BCUT2D eigenvalue weighted by atomic mass is 10.0. The molecule has 136 valence electrons. The highest BCUT2D eigenvalue weighted by atomic mass is 32.2. The molecule has 0 aromatic carbocycles. The molecule has 1 atom stereocenters. The summed E-state index contributed by atoms with van der Waals surface area (Å²) in [5.41, 5.74) is 0. The molecule has 9 heteroatoms. The minimum atomic E-state index is -3.52. The van der Waals surface area contributed by atoms with E-state index in [0.29, 0.717) is 44.5 Å². The summed E-state index contributed by atoms with van der Waals surface area (Å²) in [6, 6.07) is -0.366. The van der Waals surface area contributed by atoms with Gasteiger partial charge in [0.2, 0.25) is 11.8 Å². The molecule has 1 aromatic rings. The maximum Gasteiger partial charge on any atom is 0.280 e. The molecule has 8 nitrogen and oxygen atoms in total. The van der Waals surface area contributed by atoms with E-state index >= 15 is 0 Å². The van der Waals surface area contributed by atoms with Crippen molar-refractivity contribution in [1.82, 2.24) is 19.2 Å². The SMILES string of the molecule is CCCNS(=O)(=O)N1CCCCC1c1nnc(C2CCOCC2)o1. The molecule has 0 spiro atoms. The fourth-order valence-corrected chi connectivity index (χ4v) is 4.77. The van der Waals surface area contributed by atoms with E-state index < -0.39 is 10.2 Å². The van der Waals surface area contributed by atoms with Gasteiger partial charge < -0.3 is 9.15 Å². The largest absolute Gasteiger partial charge is 0.423 e. The number of nitrogens with zero attached hydrogens (tertiary/aromatic N) is 3. The molecule has 1 aromatic heterocycles. The van der Waals surface area contributed by atoms with E-state index in [2.05, 4.69) is 14.9 Å². The summed E-state index contributed by atoms with van der Waals surface area (Å²) in [6.07, 6.45) is 5.01. The number of nitrogens with one attached hydrogen (secondary N) is 1. The van der Waals surface area contributed by atoms with Gasteiger partial charge >= 0.3 is 0 Å². The Morgan fingerprint density at radius 3 is 2.67 bits per heavy atom. The van der Waals surface area contributed by atoms with Crippen molar-refractivity contribution in [3.05, 3.63) is 11.8 Å². The first-order chi connectivity index (χ1) is 11.6. The van der Waals surface area contributed by atoms with Crippen molar-refractivity contribution < 1.29 is 17.6 Å². The summed E-state index contributed by atoms with van der Waals surface area (Å²) in [5.74, 6) is 1.24. The smallest absolute Gasteiger partial charge is 0.280 e. The van der Waals surface area contributed by atoms with Gasteiger partial charge in [-0.3, -0.25) is 0 Å². The van der Waals surface area contributed by atoms with Crippen molar-refractivity contribution in [2.24, 2.45) is 0 Å². The molecular weight excluding hydrogens is 332 g/mol. The van der Waals surface area contributed by atoms with E-state index in [-0.39, 0.29) is 12.0 Å². The second-order valence-corrected chi connectivity index (χ2v) is 8.09. The van der Waals surface area contributed by atoms with Crippen molar-refractivity contribution in [2.75, 3.05) is 26.3 Å². The molecule has 0 saturated carbocycles. The third-order valence-electron chi connectivity index (χ3n) is 4.61. The van der Waals surface area contributed by atoms with Crippen LogP contribution in [0.3, 0.4) is 0 Å². The lowest BCUT2D eigenvalue weighted by molar-refractivity contribution is 0.0785. The summed E-state index contributed by atoms with van der Waals surface area (Å²) in [4.78, 5) is 0. The van der Waals surface area contributed by atoms with Crippen LogP contribution in [0.2, 0.25) is 0 Å². The Kier molecular flexibility index (Phi) is 5.85. The molecule has 0 bridgehead atoms. The van der Waals surface area contributed by atoms with Gasteiger partial charge in [-0.1, -0.05) is 13.3 Å². The van der Waals surface area contributed by atoms with Gasteiger partial charge in [0.25, 0.3) is 10.2 Å². The molecule has 1 unspecified atom stereocenters. The number of rotatable bonds is 6. The predicted octanol–water partition coefficient (Wildman–Crippen LogP) is 1.73. The monoisotopic (exact) mass is 358 g/mol. The highest BCUT2D eigenvalue weighted by Crippen LogP contribution is 2.34. The highest BCUT2D eigenvalue weighted by Gasteiger charge is 2.36. The van der Waals surface area contributed by atoms with Crippen molar-refractivity contribution >= 4 is 10.2 Å². The third kappa shape index (κ3) is 3.96. The number of hydrogen-bond acceptors (Lipinski definition) is 6. The van der Waals surface area contributed by atoms with Crippen LogP contribution in [0, 0.1) is 0 Å². The van der Waals surface area contributed by atoms with Crippen LogP contribution in [-0.4, -0.2) is 49.2 Å². The fourth-order valence-electron chi connectivity index (χ4n) is 3.24. The molecule has 3 rings (SSSR count). The topological polar surface area (TPSA) is 97.6 Å². The molecule has 3 heterocycles. The minimum Gasteiger partial charge on any atom is -0.423 e. The van der Waals surface area contributed by atoms with Crippen LogP contribution in [0.15, 0.2) is 4.42 Å². The zero-order valence-electron chi connectivity index (χ0n) is 14.1. The van der Waals surface area contributed by atoms with E-state index in [1.165, 1.54) is 4.31 Å². The Morgan fingerprint density at radius 1 is 1.17 bits per heavy atom. The molecule has 0 amide bonds. The van der Waals surface area contributed by atoms with Crippen molar-refractivity contribution in [1.29, 1.82) is 0 Å². The molecule has 2 aliphatic rings. The molecule has 1 N–H and O–H groups in total. The maximum absolute atomic E-state index is 12.5. The predicted molar refractivity (Wildman–Crippen MR) is 87.6 cm³/mol. The third-order valence-corrected chi connectivity index (χ3v) is 6.23. The zero-order chi connectivity index (χ0) is 17.0. The van der Waals surface area contributed by atoms with E-state index in [1.807, 2.05) is 6.92 Å². The van der Waals surface area contributed by atoms with Crippen LogP contribution in [0.25, 0.3) is 0 Å². The average Bonchev–Trinajstić information content (AvgIpc) is 3.11. The summed E-state index contributed by atoms with van der Waals surface area (Å²) < 4.78 is 40.4. The molecule has 2 aliphatic heterocycles. The average molecular weight is 358 g/mol. The lowest BCUT2D eigenvalue weighted by Gasteiger charge is -2.32. The molecule has 24 heavy (non-hydrogen) atoms. The van der Waals surface area contributed by atoms with E-state index in [4.69, 9.17) is 9.15 Å². The first kappa shape index (κ1) is 17.8. The first-order valence-corrected chi connectivity index (χ1v) is 10.2. The van der Waals surface area contributed by atoms with Crippen LogP contribution < -0.4 is 4.72 Å². The molecule has 0 radical (unpaired) electrons. The van der Waals surface area contributed by atoms with Crippen LogP contribution in [0.5, 0.6) is 0 Å². The Morgan fingerprint density at radius 2 is 1.92 bits per heavy atom. The normalized spacial score (nSPS) is 24.3. The Balaban J connectivity index is 1.77. The Bertz CT molecular complexity index is 627. The summed E-state index contributed by atoms with van der Waals surface area (Å²) >= 11 is 0. The van der Waals surface area contributed by atoms with Crippen LogP contribution in [-0.2, 0) is 14.9 Å². The van der Waals surface area contributed by atoms with Gasteiger partial charge in [-0.15, -0.1) is 10.2 Å². The first-order valence-electron chi connectivity index (χ1n) is 8.79. The maximum atomic E-state index is 12.5. The van der Waals surface area contributed by atoms with Gasteiger partial charge in [0.1, 0.15) is 6.04 Å². The quantitative estimate of drug-likeness (QED) is 0.832. The zero-order valence-corrected chi connectivity index (χ0v) is 14.9. The van der Waals surface area contributed by atoms with Gasteiger partial charge in [0.05, 0.1) is 0 Å². The Labute approximate surface area is 143 Å². The molecular formula is C15H26N4O4S. The minimum absolute atomic E-state index is 0.215. The van der Waals surface area contributed by atoms with Crippen molar-refractivity contribution in [3.8, 4) is 0 Å². The van der Waals surface area contributed by atoms with E-state index in [0.717, 1.165) is 32.1 Å². The van der Waals surface area contributed by atoms with Gasteiger partial charge in [-0.2, -0.15) is 12.7 Å². The summed E-state index contributed by atoms with van der Waals surface area (Å²) in [7, 11) is -3.52. The van der Waals surface area contributed by atoms with E-state index in [1.54, 1.807) is 0 Å². The number of hydrogen-bond donors (Lipinski definition) is 1. The van der Waals surface area contributed by atoms with Crippen LogP contribution in [0.1, 0.15) is 69.2 Å². The standard InChI is InChI=1S/C15H26N4O4S/c1-2-8-16-24(20,21)19-9-4-3-5-13(19)15-18-17-14(23-15)12-6-10-22-11-7-12/h12-13,16H,2-11H2,1H3. The number of piperidine rings is 1. The van der Waals surface area contributed by atoms with Gasteiger partial charge in [0, 0.05) is 32.2 Å². The molecule has 2 saturated heterocycles. The second kappa shape index (κ2) is 7.90. The van der Waals surface area contributed by atoms with Gasteiger partial charge in [-0.25, -0.2) is 4.72 Å². The van der Waals surface area contributed by atoms with Gasteiger partial charge in [-0.05, 0) is 32.1 Å². The lowest BCUT2D eigenvalue weighted by Crippen LogP contribution is -2.45. The van der Waals surface area contributed by atoms with Crippen LogP contribution in [0.4, 0.5) is 0 Å². The molecule has 2 fully saturated rings. The van der Waals surface area contributed by atoms with Gasteiger partial charge in [0.15, 0.2) is 0 Å². The Hall–Kier alpha value is -1.03. The second-order valence-electron chi connectivity index (χ2n) is 6.39. The van der Waals surface area contributed by atoms with Crippen molar-refractivity contribution in [2.45, 2.75) is 57.4 Å². The van der Waals surface area contributed by atoms with Crippen LogP contribution >= 0.6 is 0 Å². The molecule has 0 aliphatic carbocycles. The van der Waals surface area contributed by atoms with E-state index in [9.17, 15) is 8.42 Å². The number of ether oxygens (including phenoxy) is 1. The number of aromatic nitrogens is 2. The highest BCUT2D eigenvalue weighted by molar-refractivity contribution is 7.87. The van der Waals surface area contributed by atoms with Crippen molar-refractivity contribution in [3.63, 3.8) is 0 Å². The summed E-state index contributed by atoms with van der Waals surface area (Å²) in [6.45, 7) is 4.26. The summed E-state index contributed by atoms with van der Waals surface area (Å²) in [5, 5.41) is 8.35. The fraction of sp³-hybridized carbons (Fsp3) is 0.867.